The molecule has 9 heteroatoms. The number of aryl methyl sites for hydroxylation is 3. The van der Waals surface area contributed by atoms with E-state index in [2.05, 4.69) is 10.3 Å². The number of nitrogens with one attached hydrogen (secondary N) is 1. The van der Waals surface area contributed by atoms with Gasteiger partial charge < -0.3 is 15.2 Å². The van der Waals surface area contributed by atoms with Crippen LogP contribution in [0.4, 0.5) is 11.6 Å². The summed E-state index contributed by atoms with van der Waals surface area (Å²) in [6.45, 7) is 4.98. The van der Waals surface area contributed by atoms with Gasteiger partial charge in [-0.2, -0.15) is 4.98 Å². The van der Waals surface area contributed by atoms with Gasteiger partial charge in [-0.25, -0.2) is 9.78 Å². The summed E-state index contributed by atoms with van der Waals surface area (Å²) in [5, 5.41) is 14.8. The number of pyridine rings is 1. The second-order valence-electron chi connectivity index (χ2n) is 9.35. The van der Waals surface area contributed by atoms with E-state index in [1.54, 1.807) is 22.3 Å². The van der Waals surface area contributed by atoms with Crippen molar-refractivity contribution in [1.29, 1.82) is 0 Å². The number of ether oxygens (including phenoxy) is 1. The first-order valence-electron chi connectivity index (χ1n) is 11.9. The lowest BCUT2D eigenvalue weighted by molar-refractivity contribution is -0.0832. The molecule has 3 atom stereocenters. The van der Waals surface area contributed by atoms with E-state index in [1.165, 1.54) is 0 Å². The standard InChI is InChI=1S/C25H28N6O3/c1-14-12-19-16(6-3-9-26-19)13-18(14)28-24-27-17-7-4-10-30-21(17)23(29-24)31(25(30)33)20-8-5-11-34-22(20)15(2)32/h3,6,9,12-13,15,20,22,32H,4-5,7-8,10-11H2,1-2H3,(H,27,28,29)/t15?,20?,22-/m1/s1. The molecule has 1 fully saturated rings. The van der Waals surface area contributed by atoms with Crippen LogP contribution in [-0.4, -0.2) is 48.0 Å². The minimum Gasteiger partial charge on any atom is -0.391 e. The molecule has 4 aromatic rings. The first kappa shape index (κ1) is 21.2. The third-order valence-electron chi connectivity index (χ3n) is 7.00. The van der Waals surface area contributed by atoms with E-state index < -0.39 is 12.2 Å². The third-order valence-corrected chi connectivity index (χ3v) is 7.00. The number of hydrogen-bond donors (Lipinski definition) is 2. The van der Waals surface area contributed by atoms with E-state index in [9.17, 15) is 9.90 Å². The van der Waals surface area contributed by atoms with Crippen LogP contribution in [0, 0.1) is 6.92 Å². The lowest BCUT2D eigenvalue weighted by Gasteiger charge is -2.34. The maximum Gasteiger partial charge on any atom is 0.330 e. The van der Waals surface area contributed by atoms with Gasteiger partial charge in [-0.1, -0.05) is 6.07 Å². The highest BCUT2D eigenvalue weighted by molar-refractivity contribution is 5.85. The summed E-state index contributed by atoms with van der Waals surface area (Å²) in [7, 11) is 0. The highest BCUT2D eigenvalue weighted by Gasteiger charge is 2.35. The van der Waals surface area contributed by atoms with Crippen LogP contribution in [0.3, 0.4) is 0 Å². The quantitative estimate of drug-likeness (QED) is 0.481. The Bertz CT molecular complexity index is 1460. The summed E-state index contributed by atoms with van der Waals surface area (Å²) in [6.07, 6.45) is 3.89. The van der Waals surface area contributed by atoms with Crippen molar-refractivity contribution >= 4 is 33.7 Å². The summed E-state index contributed by atoms with van der Waals surface area (Å²) in [4.78, 5) is 27.6. The fourth-order valence-electron chi connectivity index (χ4n) is 5.39. The summed E-state index contributed by atoms with van der Waals surface area (Å²) in [5.74, 6) is 0.465. The van der Waals surface area contributed by atoms with Gasteiger partial charge in [-0.15, -0.1) is 0 Å². The highest BCUT2D eigenvalue weighted by Crippen LogP contribution is 2.33. The van der Waals surface area contributed by atoms with Gasteiger partial charge >= 0.3 is 5.69 Å². The summed E-state index contributed by atoms with van der Waals surface area (Å²) in [6, 6.07) is 7.76. The van der Waals surface area contributed by atoms with E-state index in [1.807, 2.05) is 31.2 Å². The lowest BCUT2D eigenvalue weighted by atomic mass is 9.98. The van der Waals surface area contributed by atoms with Crippen LogP contribution >= 0.6 is 0 Å². The largest absolute Gasteiger partial charge is 0.391 e. The molecule has 0 spiro atoms. The molecule has 0 amide bonds. The maximum absolute atomic E-state index is 13.5. The fourth-order valence-corrected chi connectivity index (χ4v) is 5.39. The zero-order valence-corrected chi connectivity index (χ0v) is 19.4. The molecule has 176 valence electrons. The number of aromatic nitrogens is 5. The predicted molar refractivity (Wildman–Crippen MR) is 130 cm³/mol. The molecule has 6 rings (SSSR count). The average molecular weight is 461 g/mol. The first-order valence-corrected chi connectivity index (χ1v) is 11.9. The van der Waals surface area contributed by atoms with Crippen molar-refractivity contribution in [2.24, 2.45) is 0 Å². The number of anilines is 2. The van der Waals surface area contributed by atoms with Gasteiger partial charge in [-0.05, 0) is 63.3 Å². The second-order valence-corrected chi connectivity index (χ2v) is 9.35. The molecular formula is C25H28N6O3. The van der Waals surface area contributed by atoms with Crippen LogP contribution in [0.5, 0.6) is 0 Å². The van der Waals surface area contributed by atoms with Crippen molar-refractivity contribution in [2.45, 2.75) is 64.3 Å². The molecule has 0 aliphatic carbocycles. The number of fused-ring (bicyclic) bond motifs is 1. The summed E-state index contributed by atoms with van der Waals surface area (Å²) >= 11 is 0. The molecule has 34 heavy (non-hydrogen) atoms. The number of hydrogen-bond acceptors (Lipinski definition) is 7. The van der Waals surface area contributed by atoms with Gasteiger partial charge in [0.25, 0.3) is 0 Å². The number of rotatable bonds is 4. The Kier molecular flexibility index (Phi) is 5.11. The zero-order valence-electron chi connectivity index (χ0n) is 19.4. The Morgan fingerprint density at radius 3 is 3.00 bits per heavy atom. The Labute approximate surface area is 196 Å². The van der Waals surface area contributed by atoms with Crippen LogP contribution < -0.4 is 11.0 Å². The molecule has 0 saturated carbocycles. The fraction of sp³-hybridized carbons (Fsp3) is 0.440. The molecule has 2 aliphatic heterocycles. The van der Waals surface area contributed by atoms with Crippen molar-refractivity contribution < 1.29 is 9.84 Å². The number of benzene rings is 1. The van der Waals surface area contributed by atoms with Gasteiger partial charge in [0.05, 0.1) is 23.4 Å². The minimum absolute atomic E-state index is 0.100. The third kappa shape index (κ3) is 3.38. The van der Waals surface area contributed by atoms with Crippen molar-refractivity contribution in [3.63, 3.8) is 0 Å². The molecule has 5 heterocycles. The van der Waals surface area contributed by atoms with Gasteiger partial charge in [0.1, 0.15) is 11.6 Å². The van der Waals surface area contributed by atoms with Gasteiger partial charge in [-0.3, -0.25) is 14.1 Å². The molecular weight excluding hydrogens is 432 g/mol. The average Bonchev–Trinajstić information content (AvgIpc) is 3.12. The normalized spacial score (nSPS) is 21.1. The number of aliphatic hydroxyl groups is 1. The number of nitrogens with zero attached hydrogens (tertiary/aromatic N) is 5. The van der Waals surface area contributed by atoms with Crippen LogP contribution in [0.25, 0.3) is 22.1 Å². The smallest absolute Gasteiger partial charge is 0.330 e. The van der Waals surface area contributed by atoms with E-state index in [0.717, 1.165) is 59.0 Å². The van der Waals surface area contributed by atoms with Crippen LogP contribution in [0.2, 0.25) is 0 Å². The van der Waals surface area contributed by atoms with Crippen molar-refractivity contribution in [2.75, 3.05) is 11.9 Å². The molecule has 9 nitrogen and oxygen atoms in total. The Hall–Kier alpha value is -3.30. The maximum atomic E-state index is 13.5. The SMILES string of the molecule is Cc1cc2ncccc2cc1Nc1nc2c3c(n1)n(C1CCCO[C@@H]1C(C)O)c(=O)n3CCC2. The molecule has 2 aliphatic rings. The summed E-state index contributed by atoms with van der Waals surface area (Å²) in [5.41, 5.74) is 5.06. The van der Waals surface area contributed by atoms with E-state index in [4.69, 9.17) is 14.7 Å². The monoisotopic (exact) mass is 460 g/mol. The highest BCUT2D eigenvalue weighted by atomic mass is 16.5. The molecule has 1 saturated heterocycles. The predicted octanol–water partition coefficient (Wildman–Crippen LogP) is 3.24. The first-order chi connectivity index (χ1) is 16.5. The van der Waals surface area contributed by atoms with Gasteiger partial charge in [0.2, 0.25) is 5.95 Å². The molecule has 1 aromatic carbocycles. The van der Waals surface area contributed by atoms with Crippen LogP contribution in [0.1, 0.15) is 43.5 Å². The van der Waals surface area contributed by atoms with Crippen LogP contribution in [0.15, 0.2) is 35.3 Å². The Balaban J connectivity index is 1.50. The number of aliphatic hydroxyl groups excluding tert-OH is 1. The van der Waals surface area contributed by atoms with Crippen molar-refractivity contribution in [3.05, 3.63) is 52.2 Å². The van der Waals surface area contributed by atoms with E-state index in [0.29, 0.717) is 24.7 Å². The minimum atomic E-state index is -0.687. The Morgan fingerprint density at radius 2 is 2.15 bits per heavy atom. The molecule has 2 unspecified atom stereocenters. The lowest BCUT2D eigenvalue weighted by Crippen LogP contribution is -2.43. The summed E-state index contributed by atoms with van der Waals surface area (Å²) < 4.78 is 9.43. The molecule has 0 radical (unpaired) electrons. The van der Waals surface area contributed by atoms with Gasteiger partial charge in [0.15, 0.2) is 5.65 Å². The van der Waals surface area contributed by atoms with E-state index in [-0.39, 0.29) is 11.7 Å². The molecule has 0 bridgehead atoms. The van der Waals surface area contributed by atoms with Gasteiger partial charge in [0, 0.05) is 30.4 Å². The van der Waals surface area contributed by atoms with E-state index >= 15 is 0 Å². The Morgan fingerprint density at radius 1 is 1.26 bits per heavy atom. The topological polar surface area (TPSA) is 107 Å². The second kappa shape index (κ2) is 8.18. The number of imidazole rings is 1. The molecule has 3 aromatic heterocycles. The molecule has 2 N–H and O–H groups in total. The van der Waals surface area contributed by atoms with Crippen LogP contribution in [-0.2, 0) is 17.7 Å². The van der Waals surface area contributed by atoms with Crippen molar-refractivity contribution in [1.82, 2.24) is 24.1 Å². The zero-order chi connectivity index (χ0) is 23.4. The van der Waals surface area contributed by atoms with Crippen molar-refractivity contribution in [3.8, 4) is 0 Å².